The zero-order valence-electron chi connectivity index (χ0n) is 12.8. The first-order valence-electron chi connectivity index (χ1n) is 7.99. The van der Waals surface area contributed by atoms with E-state index in [1.54, 1.807) is 24.8 Å². The summed E-state index contributed by atoms with van der Waals surface area (Å²) in [6, 6.07) is 3.79. The molecule has 1 aliphatic carbocycles. The van der Waals surface area contributed by atoms with Crippen LogP contribution in [0.4, 0.5) is 0 Å². The highest BCUT2D eigenvalue weighted by Gasteiger charge is 2.42. The van der Waals surface area contributed by atoms with Crippen LogP contribution in [0.25, 0.3) is 11.4 Å². The van der Waals surface area contributed by atoms with Crippen LogP contribution in [0.3, 0.4) is 0 Å². The number of likely N-dealkylation sites (tertiary alicyclic amines) is 1. The van der Waals surface area contributed by atoms with E-state index < -0.39 is 0 Å². The molecule has 2 aromatic rings. The van der Waals surface area contributed by atoms with Gasteiger partial charge in [-0.1, -0.05) is 0 Å². The van der Waals surface area contributed by atoms with Gasteiger partial charge in [-0.3, -0.25) is 9.78 Å². The van der Waals surface area contributed by atoms with Crippen LogP contribution >= 0.6 is 0 Å². The summed E-state index contributed by atoms with van der Waals surface area (Å²) in [7, 11) is 0. The van der Waals surface area contributed by atoms with Crippen molar-refractivity contribution in [2.45, 2.75) is 18.9 Å². The van der Waals surface area contributed by atoms with E-state index >= 15 is 0 Å². The maximum absolute atomic E-state index is 12.6. The van der Waals surface area contributed by atoms with Crippen molar-refractivity contribution >= 4 is 5.91 Å². The molecule has 0 radical (unpaired) electrons. The molecule has 2 aliphatic rings. The largest absolute Gasteiger partial charge is 0.337 e. The fraction of sp³-hybridized carbons (Fsp3) is 0.412. The lowest BCUT2D eigenvalue weighted by Crippen LogP contribution is -2.32. The minimum absolute atomic E-state index is 0.0233. The molecule has 6 heteroatoms. The molecule has 2 fully saturated rings. The molecule has 0 unspecified atom stereocenters. The van der Waals surface area contributed by atoms with Crippen molar-refractivity contribution in [1.29, 1.82) is 0 Å². The van der Waals surface area contributed by atoms with Crippen LogP contribution in [0.15, 0.2) is 36.9 Å². The average Bonchev–Trinajstić information content (AvgIpc) is 3.37. The van der Waals surface area contributed by atoms with Gasteiger partial charge in [0.1, 0.15) is 0 Å². The number of amides is 1. The standard InChI is InChI=1S/C17H19N5O/c18-15-10-22(9-14(15)11-1-2-11)17(23)13-7-20-16(21-8-13)12-3-5-19-6-4-12/h3-8,11,14-15H,1-2,9-10,18H2/t14-,15+/m0/s1. The summed E-state index contributed by atoms with van der Waals surface area (Å²) in [5.41, 5.74) is 7.60. The molecule has 1 aliphatic heterocycles. The minimum atomic E-state index is -0.0233. The van der Waals surface area contributed by atoms with E-state index in [2.05, 4.69) is 15.0 Å². The fourth-order valence-corrected chi connectivity index (χ4v) is 3.31. The molecule has 2 atom stereocenters. The molecule has 2 aromatic heterocycles. The second-order valence-electron chi connectivity index (χ2n) is 6.41. The Labute approximate surface area is 134 Å². The van der Waals surface area contributed by atoms with Crippen LogP contribution in [0.2, 0.25) is 0 Å². The molecule has 1 amide bonds. The molecule has 4 rings (SSSR count). The van der Waals surface area contributed by atoms with Gasteiger partial charge in [-0.25, -0.2) is 9.97 Å². The van der Waals surface area contributed by atoms with Gasteiger partial charge in [0.2, 0.25) is 0 Å². The quantitative estimate of drug-likeness (QED) is 0.925. The van der Waals surface area contributed by atoms with Gasteiger partial charge in [0.05, 0.1) is 5.56 Å². The number of pyridine rings is 1. The van der Waals surface area contributed by atoms with Gasteiger partial charge in [-0.2, -0.15) is 0 Å². The van der Waals surface area contributed by atoms with E-state index in [0.29, 0.717) is 29.8 Å². The number of carbonyl (C=O) groups is 1. The number of hydrogen-bond donors (Lipinski definition) is 1. The molecule has 3 heterocycles. The third kappa shape index (κ3) is 2.82. The van der Waals surface area contributed by atoms with E-state index in [1.807, 2.05) is 17.0 Å². The SMILES string of the molecule is N[C@@H]1CN(C(=O)c2cnc(-c3ccncc3)nc2)C[C@H]1C1CC1. The van der Waals surface area contributed by atoms with E-state index in [9.17, 15) is 4.79 Å². The van der Waals surface area contributed by atoms with Crippen LogP contribution in [0.5, 0.6) is 0 Å². The van der Waals surface area contributed by atoms with Gasteiger partial charge in [0.25, 0.3) is 5.91 Å². The molecular formula is C17H19N5O. The van der Waals surface area contributed by atoms with Crippen molar-refractivity contribution in [2.24, 2.45) is 17.6 Å². The lowest BCUT2D eigenvalue weighted by Gasteiger charge is -2.16. The van der Waals surface area contributed by atoms with E-state index in [1.165, 1.54) is 12.8 Å². The summed E-state index contributed by atoms with van der Waals surface area (Å²) in [5.74, 6) is 1.74. The molecule has 23 heavy (non-hydrogen) atoms. The number of nitrogens with zero attached hydrogens (tertiary/aromatic N) is 4. The van der Waals surface area contributed by atoms with Gasteiger partial charge >= 0.3 is 0 Å². The Bertz CT molecular complexity index is 699. The van der Waals surface area contributed by atoms with Gasteiger partial charge < -0.3 is 10.6 Å². The Hall–Kier alpha value is -2.34. The lowest BCUT2D eigenvalue weighted by molar-refractivity contribution is 0.0784. The Morgan fingerprint density at radius 2 is 1.83 bits per heavy atom. The first-order chi connectivity index (χ1) is 11.2. The first-order valence-corrected chi connectivity index (χ1v) is 7.99. The fourth-order valence-electron chi connectivity index (χ4n) is 3.31. The molecule has 6 nitrogen and oxygen atoms in total. The van der Waals surface area contributed by atoms with Gasteiger partial charge in [-0.15, -0.1) is 0 Å². The smallest absolute Gasteiger partial charge is 0.257 e. The molecule has 2 N–H and O–H groups in total. The normalized spacial score (nSPS) is 24.0. The second-order valence-corrected chi connectivity index (χ2v) is 6.41. The highest BCUT2D eigenvalue weighted by molar-refractivity contribution is 5.94. The van der Waals surface area contributed by atoms with Crippen molar-refractivity contribution in [3.63, 3.8) is 0 Å². The Kier molecular flexibility index (Phi) is 3.53. The third-order valence-corrected chi connectivity index (χ3v) is 4.76. The molecule has 1 saturated heterocycles. The van der Waals surface area contributed by atoms with Gasteiger partial charge in [-0.05, 0) is 36.8 Å². The van der Waals surface area contributed by atoms with Crippen molar-refractivity contribution < 1.29 is 4.79 Å². The minimum Gasteiger partial charge on any atom is -0.337 e. The zero-order chi connectivity index (χ0) is 15.8. The molecule has 0 aromatic carbocycles. The summed E-state index contributed by atoms with van der Waals surface area (Å²) >= 11 is 0. The topological polar surface area (TPSA) is 85.0 Å². The van der Waals surface area contributed by atoms with Crippen molar-refractivity contribution in [2.75, 3.05) is 13.1 Å². The van der Waals surface area contributed by atoms with E-state index in [0.717, 1.165) is 12.1 Å². The van der Waals surface area contributed by atoms with Gasteiger partial charge in [0.15, 0.2) is 5.82 Å². The van der Waals surface area contributed by atoms with Crippen LogP contribution in [0, 0.1) is 11.8 Å². The molecule has 0 bridgehead atoms. The summed E-state index contributed by atoms with van der Waals surface area (Å²) in [4.78, 5) is 27.0. The number of nitrogens with two attached hydrogens (primary N) is 1. The van der Waals surface area contributed by atoms with Crippen LogP contribution < -0.4 is 5.73 Å². The van der Waals surface area contributed by atoms with Crippen molar-refractivity contribution in [3.8, 4) is 11.4 Å². The Balaban J connectivity index is 1.49. The third-order valence-electron chi connectivity index (χ3n) is 4.76. The predicted octanol–water partition coefficient (Wildman–Crippen LogP) is 1.35. The molecular weight excluding hydrogens is 290 g/mol. The molecule has 118 valence electrons. The molecule has 0 spiro atoms. The predicted molar refractivity (Wildman–Crippen MR) is 85.4 cm³/mol. The summed E-state index contributed by atoms with van der Waals surface area (Å²) in [6.45, 7) is 1.39. The average molecular weight is 309 g/mol. The summed E-state index contributed by atoms with van der Waals surface area (Å²) in [5, 5.41) is 0. The Morgan fingerprint density at radius 3 is 2.48 bits per heavy atom. The molecule has 1 saturated carbocycles. The number of hydrogen-bond acceptors (Lipinski definition) is 5. The maximum atomic E-state index is 12.6. The second kappa shape index (κ2) is 5.70. The summed E-state index contributed by atoms with van der Waals surface area (Å²) < 4.78 is 0. The number of rotatable bonds is 3. The summed E-state index contributed by atoms with van der Waals surface area (Å²) in [6.07, 6.45) is 9.10. The maximum Gasteiger partial charge on any atom is 0.257 e. The monoisotopic (exact) mass is 309 g/mol. The highest BCUT2D eigenvalue weighted by Crippen LogP contribution is 2.41. The van der Waals surface area contributed by atoms with Gasteiger partial charge in [0, 0.05) is 49.5 Å². The van der Waals surface area contributed by atoms with Crippen LogP contribution in [0.1, 0.15) is 23.2 Å². The van der Waals surface area contributed by atoms with Crippen molar-refractivity contribution in [3.05, 3.63) is 42.5 Å². The Morgan fingerprint density at radius 1 is 1.13 bits per heavy atom. The van der Waals surface area contributed by atoms with Crippen molar-refractivity contribution in [1.82, 2.24) is 19.9 Å². The first kappa shape index (κ1) is 14.3. The van der Waals surface area contributed by atoms with Crippen LogP contribution in [-0.4, -0.2) is 44.9 Å². The number of aromatic nitrogens is 3. The number of carbonyl (C=O) groups excluding carboxylic acids is 1. The lowest BCUT2D eigenvalue weighted by atomic mass is 9.99. The van der Waals surface area contributed by atoms with E-state index in [-0.39, 0.29) is 11.9 Å². The van der Waals surface area contributed by atoms with E-state index in [4.69, 9.17) is 5.73 Å². The highest BCUT2D eigenvalue weighted by atomic mass is 16.2. The zero-order valence-corrected chi connectivity index (χ0v) is 12.8. The van der Waals surface area contributed by atoms with Crippen LogP contribution in [-0.2, 0) is 0 Å².